The van der Waals surface area contributed by atoms with Gasteiger partial charge in [-0.3, -0.25) is 9.59 Å². The van der Waals surface area contributed by atoms with E-state index in [0.717, 1.165) is 11.3 Å². The van der Waals surface area contributed by atoms with Crippen LogP contribution in [-0.2, 0) is 4.79 Å². The fourth-order valence-electron chi connectivity index (χ4n) is 1.94. The molecule has 0 aliphatic rings. The number of allylic oxidation sites excluding steroid dienone is 1. The molecule has 0 bridgehead atoms. The lowest BCUT2D eigenvalue weighted by molar-refractivity contribution is -0.112. The lowest BCUT2D eigenvalue weighted by Crippen LogP contribution is -2.11. The third kappa shape index (κ3) is 4.68. The molecule has 1 amide bonds. The summed E-state index contributed by atoms with van der Waals surface area (Å²) >= 11 is 0. The van der Waals surface area contributed by atoms with Gasteiger partial charge in [0.1, 0.15) is 5.75 Å². The average Bonchev–Trinajstić information content (AvgIpc) is 2.60. The van der Waals surface area contributed by atoms with E-state index in [9.17, 15) is 9.59 Å². The minimum Gasteiger partial charge on any atom is -0.497 e. The Hall–Kier alpha value is -3.14. The summed E-state index contributed by atoms with van der Waals surface area (Å²) in [5.41, 5.74) is 2.51. The van der Waals surface area contributed by atoms with E-state index in [-0.39, 0.29) is 11.7 Å². The predicted molar refractivity (Wildman–Crippen MR) is 96.2 cm³/mol. The Morgan fingerprint density at radius 3 is 2.21 bits per heavy atom. The van der Waals surface area contributed by atoms with Crippen molar-refractivity contribution in [2.24, 2.45) is 0 Å². The van der Waals surface area contributed by atoms with Gasteiger partial charge >= 0.3 is 0 Å². The van der Waals surface area contributed by atoms with Crippen molar-refractivity contribution < 1.29 is 14.3 Å². The fraction of sp³-hybridized carbons (Fsp3) is 0.100. The molecule has 1 N–H and O–H groups in total. The molecule has 0 aromatic heterocycles. The zero-order valence-corrected chi connectivity index (χ0v) is 13.7. The van der Waals surface area contributed by atoms with Gasteiger partial charge in [0, 0.05) is 16.8 Å². The van der Waals surface area contributed by atoms with E-state index < -0.39 is 0 Å². The van der Waals surface area contributed by atoms with E-state index in [1.165, 1.54) is 6.08 Å². The average molecular weight is 321 g/mol. The van der Waals surface area contributed by atoms with Gasteiger partial charge in [0.05, 0.1) is 7.11 Å². The molecular formula is C20H19NO3. The number of hydrogen-bond donors (Lipinski definition) is 1. The zero-order valence-electron chi connectivity index (χ0n) is 13.7. The van der Waals surface area contributed by atoms with Gasteiger partial charge in [0.25, 0.3) is 5.91 Å². The highest BCUT2D eigenvalue weighted by Gasteiger charge is 2.05. The number of hydrogen-bond acceptors (Lipinski definition) is 3. The Bertz CT molecular complexity index is 772. The topological polar surface area (TPSA) is 55.4 Å². The van der Waals surface area contributed by atoms with E-state index in [0.29, 0.717) is 16.8 Å². The van der Waals surface area contributed by atoms with E-state index in [2.05, 4.69) is 11.9 Å². The summed E-state index contributed by atoms with van der Waals surface area (Å²) in [5, 5.41) is 2.70. The highest BCUT2D eigenvalue weighted by atomic mass is 16.5. The molecular weight excluding hydrogens is 302 g/mol. The van der Waals surface area contributed by atoms with Gasteiger partial charge in [-0.05, 0) is 55.0 Å². The van der Waals surface area contributed by atoms with Crippen LogP contribution in [0.2, 0.25) is 0 Å². The predicted octanol–water partition coefficient (Wildman–Crippen LogP) is 4.11. The third-order valence-corrected chi connectivity index (χ3v) is 3.36. The maximum Gasteiger partial charge on any atom is 0.250 e. The Labute approximate surface area is 141 Å². The maximum absolute atomic E-state index is 12.2. The SMILES string of the molecule is C=C(C)C(=O)Nc1ccc(C(=O)/C=C/c2ccc(OC)cc2)cc1. The van der Waals surface area contributed by atoms with Crippen LogP contribution in [0, 0.1) is 0 Å². The van der Waals surface area contributed by atoms with Gasteiger partial charge in [0.2, 0.25) is 0 Å². The molecule has 2 rings (SSSR count). The normalized spacial score (nSPS) is 10.4. The van der Waals surface area contributed by atoms with Crippen LogP contribution in [0.3, 0.4) is 0 Å². The number of methoxy groups -OCH3 is 1. The summed E-state index contributed by atoms with van der Waals surface area (Å²) in [6.07, 6.45) is 3.27. The molecule has 4 nitrogen and oxygen atoms in total. The summed E-state index contributed by atoms with van der Waals surface area (Å²) < 4.78 is 5.09. The highest BCUT2D eigenvalue weighted by molar-refractivity contribution is 6.07. The van der Waals surface area contributed by atoms with Gasteiger partial charge in [-0.15, -0.1) is 0 Å². The molecule has 24 heavy (non-hydrogen) atoms. The second kappa shape index (κ2) is 7.92. The monoisotopic (exact) mass is 321 g/mol. The Morgan fingerprint density at radius 1 is 1.04 bits per heavy atom. The smallest absolute Gasteiger partial charge is 0.250 e. The maximum atomic E-state index is 12.2. The van der Waals surface area contributed by atoms with Crippen molar-refractivity contribution in [1.82, 2.24) is 0 Å². The number of anilines is 1. The van der Waals surface area contributed by atoms with Crippen molar-refractivity contribution in [2.45, 2.75) is 6.92 Å². The molecule has 122 valence electrons. The first kappa shape index (κ1) is 17.2. The minimum atomic E-state index is -0.242. The van der Waals surface area contributed by atoms with Crippen LogP contribution < -0.4 is 10.1 Å². The minimum absolute atomic E-state index is 0.108. The van der Waals surface area contributed by atoms with Crippen molar-refractivity contribution in [2.75, 3.05) is 12.4 Å². The number of rotatable bonds is 6. The van der Waals surface area contributed by atoms with Crippen molar-refractivity contribution in [1.29, 1.82) is 0 Å². The molecule has 0 atom stereocenters. The summed E-state index contributed by atoms with van der Waals surface area (Å²) in [6, 6.07) is 14.2. The summed E-state index contributed by atoms with van der Waals surface area (Å²) in [6.45, 7) is 5.21. The number of carbonyl (C=O) groups excluding carboxylic acids is 2. The van der Waals surface area contributed by atoms with E-state index in [4.69, 9.17) is 4.74 Å². The Balaban J connectivity index is 2.02. The number of nitrogens with one attached hydrogen (secondary N) is 1. The van der Waals surface area contributed by atoms with Gasteiger partial charge in [-0.1, -0.05) is 24.8 Å². The van der Waals surface area contributed by atoms with Crippen molar-refractivity contribution >= 4 is 23.5 Å². The molecule has 4 heteroatoms. The first-order valence-corrected chi connectivity index (χ1v) is 7.43. The summed E-state index contributed by atoms with van der Waals surface area (Å²) in [7, 11) is 1.61. The molecule has 0 aliphatic carbocycles. The molecule has 2 aromatic rings. The molecule has 2 aromatic carbocycles. The van der Waals surface area contributed by atoms with Crippen LogP contribution in [0.15, 0.2) is 66.8 Å². The standard InChI is InChI=1S/C20H19NO3/c1-14(2)20(23)21-17-9-7-16(8-10-17)19(22)13-6-15-4-11-18(24-3)12-5-15/h4-13H,1H2,2-3H3,(H,21,23)/b13-6+. The molecule has 0 saturated carbocycles. The van der Waals surface area contributed by atoms with E-state index in [1.807, 2.05) is 24.3 Å². The number of ether oxygens (including phenoxy) is 1. The first-order chi connectivity index (χ1) is 11.5. The largest absolute Gasteiger partial charge is 0.497 e. The van der Waals surface area contributed by atoms with Crippen LogP contribution in [-0.4, -0.2) is 18.8 Å². The van der Waals surface area contributed by atoms with Crippen LogP contribution in [0.25, 0.3) is 6.08 Å². The zero-order chi connectivity index (χ0) is 17.5. The van der Waals surface area contributed by atoms with Crippen LogP contribution in [0.1, 0.15) is 22.8 Å². The van der Waals surface area contributed by atoms with Crippen molar-refractivity contribution in [3.05, 3.63) is 77.9 Å². The summed E-state index contributed by atoms with van der Waals surface area (Å²) in [4.78, 5) is 23.7. The molecule has 0 radical (unpaired) electrons. The molecule has 0 fully saturated rings. The lowest BCUT2D eigenvalue weighted by Gasteiger charge is -2.05. The van der Waals surface area contributed by atoms with E-state index in [1.54, 1.807) is 44.4 Å². The van der Waals surface area contributed by atoms with Crippen LogP contribution >= 0.6 is 0 Å². The molecule has 0 saturated heterocycles. The summed E-state index contributed by atoms with van der Waals surface area (Å²) in [5.74, 6) is 0.419. The quantitative estimate of drug-likeness (QED) is 0.643. The second-order valence-corrected chi connectivity index (χ2v) is 5.28. The molecule has 0 heterocycles. The Kier molecular flexibility index (Phi) is 5.68. The van der Waals surface area contributed by atoms with Crippen LogP contribution in [0.4, 0.5) is 5.69 Å². The van der Waals surface area contributed by atoms with Crippen molar-refractivity contribution in [3.8, 4) is 5.75 Å². The number of carbonyl (C=O) groups is 2. The van der Waals surface area contributed by atoms with E-state index >= 15 is 0 Å². The lowest BCUT2D eigenvalue weighted by atomic mass is 10.1. The molecule has 0 aliphatic heterocycles. The van der Waals surface area contributed by atoms with Crippen LogP contribution in [0.5, 0.6) is 5.75 Å². The highest BCUT2D eigenvalue weighted by Crippen LogP contribution is 2.14. The van der Waals surface area contributed by atoms with Gasteiger partial charge in [-0.25, -0.2) is 0 Å². The Morgan fingerprint density at radius 2 is 1.67 bits per heavy atom. The number of benzene rings is 2. The molecule has 0 spiro atoms. The van der Waals surface area contributed by atoms with Gasteiger partial charge < -0.3 is 10.1 Å². The number of ketones is 1. The van der Waals surface area contributed by atoms with Gasteiger partial charge in [0.15, 0.2) is 5.78 Å². The second-order valence-electron chi connectivity index (χ2n) is 5.28. The number of amides is 1. The third-order valence-electron chi connectivity index (χ3n) is 3.36. The van der Waals surface area contributed by atoms with Crippen molar-refractivity contribution in [3.63, 3.8) is 0 Å². The molecule has 0 unspecified atom stereocenters. The first-order valence-electron chi connectivity index (χ1n) is 7.43. The fourth-order valence-corrected chi connectivity index (χ4v) is 1.94. The van der Waals surface area contributed by atoms with Gasteiger partial charge in [-0.2, -0.15) is 0 Å².